The van der Waals surface area contributed by atoms with Gasteiger partial charge in [0, 0.05) is 47.4 Å². The highest BCUT2D eigenvalue weighted by Gasteiger charge is 2.50. The largest absolute Gasteiger partial charge is 0.390 e. The van der Waals surface area contributed by atoms with E-state index < -0.39 is 18.5 Å². The van der Waals surface area contributed by atoms with Crippen molar-refractivity contribution < 1.29 is 38.3 Å². The third-order valence-electron chi connectivity index (χ3n) is 7.01. The van der Waals surface area contributed by atoms with E-state index in [1.54, 1.807) is 35.5 Å². The molecule has 2 aliphatic rings. The first-order chi connectivity index (χ1) is 15.8. The summed E-state index contributed by atoms with van der Waals surface area (Å²) in [6, 6.07) is 0. The highest BCUT2D eigenvalue weighted by Crippen LogP contribution is 2.37. The van der Waals surface area contributed by atoms with Crippen LogP contribution >= 0.6 is 0 Å². The molecular formula is C25H44O8. The second kappa shape index (κ2) is 13.3. The highest BCUT2D eigenvalue weighted by atomic mass is 16.7. The van der Waals surface area contributed by atoms with E-state index in [1.165, 1.54) is 0 Å². The number of epoxide rings is 1. The van der Waals surface area contributed by atoms with Gasteiger partial charge in [0.05, 0.1) is 18.3 Å². The molecule has 0 unspecified atom stereocenters. The lowest BCUT2D eigenvalue weighted by molar-refractivity contribution is -0.295. The SMILES string of the molecule is CC[C@H](OC)[C@@H](C)[C@@H]1O[C@H]1[C@H](O)[C@@H](C)/C=C/C=C(\C)[C@H]1O[C@@H](OC)[C@H](OC)[C@@H](OC)[C@@H]1OC. The minimum Gasteiger partial charge on any atom is -0.390 e. The Balaban J connectivity index is 2.02. The zero-order valence-electron chi connectivity index (χ0n) is 21.6. The molecule has 0 bridgehead atoms. The van der Waals surface area contributed by atoms with Crippen molar-refractivity contribution in [3.05, 3.63) is 23.8 Å². The van der Waals surface area contributed by atoms with Gasteiger partial charge in [0.25, 0.3) is 0 Å². The molecule has 8 heteroatoms. The van der Waals surface area contributed by atoms with E-state index in [9.17, 15) is 5.11 Å². The minimum absolute atomic E-state index is 0.0295. The molecule has 8 nitrogen and oxygen atoms in total. The molecule has 0 aromatic heterocycles. The van der Waals surface area contributed by atoms with Gasteiger partial charge in [-0.15, -0.1) is 0 Å². The predicted octanol–water partition coefficient (Wildman–Crippen LogP) is 2.73. The highest BCUT2D eigenvalue weighted by molar-refractivity contribution is 5.19. The predicted molar refractivity (Wildman–Crippen MR) is 125 cm³/mol. The van der Waals surface area contributed by atoms with E-state index in [0.29, 0.717) is 0 Å². The van der Waals surface area contributed by atoms with Crippen LogP contribution in [-0.4, -0.2) is 95.8 Å². The Morgan fingerprint density at radius 1 is 0.909 bits per heavy atom. The summed E-state index contributed by atoms with van der Waals surface area (Å²) >= 11 is 0. The van der Waals surface area contributed by atoms with Crippen molar-refractivity contribution in [2.75, 3.05) is 35.5 Å². The maximum atomic E-state index is 10.8. The molecule has 2 saturated heterocycles. The first-order valence-electron chi connectivity index (χ1n) is 11.8. The summed E-state index contributed by atoms with van der Waals surface area (Å²) in [6.45, 7) is 8.18. The van der Waals surface area contributed by atoms with Gasteiger partial charge >= 0.3 is 0 Å². The molecule has 0 saturated carbocycles. The first-order valence-corrected chi connectivity index (χ1v) is 11.8. The first kappa shape index (κ1) is 28.4. The van der Waals surface area contributed by atoms with Gasteiger partial charge in [-0.1, -0.05) is 39.0 Å². The molecule has 2 rings (SSSR count). The van der Waals surface area contributed by atoms with Crippen molar-refractivity contribution in [3.63, 3.8) is 0 Å². The summed E-state index contributed by atoms with van der Waals surface area (Å²) in [5, 5.41) is 10.8. The molecule has 0 spiro atoms. The van der Waals surface area contributed by atoms with E-state index >= 15 is 0 Å². The van der Waals surface area contributed by atoms with Gasteiger partial charge in [-0.3, -0.25) is 0 Å². The van der Waals surface area contributed by atoms with E-state index in [2.05, 4.69) is 13.8 Å². The number of ether oxygens (including phenoxy) is 7. The van der Waals surface area contributed by atoms with Crippen LogP contribution in [0.4, 0.5) is 0 Å². The second-order valence-electron chi connectivity index (χ2n) is 9.01. The molecule has 1 N–H and O–H groups in total. The Kier molecular flexibility index (Phi) is 11.4. The summed E-state index contributed by atoms with van der Waals surface area (Å²) in [5.74, 6) is 0.173. The zero-order chi connectivity index (χ0) is 24.7. The van der Waals surface area contributed by atoms with Crippen molar-refractivity contribution in [1.82, 2.24) is 0 Å². The molecule has 0 aromatic rings. The number of aliphatic hydroxyl groups is 1. The van der Waals surface area contributed by atoms with Crippen LogP contribution in [0.1, 0.15) is 34.1 Å². The van der Waals surface area contributed by atoms with Crippen molar-refractivity contribution in [2.45, 2.75) is 89.2 Å². The van der Waals surface area contributed by atoms with Crippen LogP contribution in [-0.2, 0) is 33.2 Å². The van der Waals surface area contributed by atoms with E-state index in [1.807, 2.05) is 32.1 Å². The summed E-state index contributed by atoms with van der Waals surface area (Å²) in [7, 11) is 8.17. The number of hydrogen-bond donors (Lipinski definition) is 1. The molecule has 0 amide bonds. The molecule has 2 heterocycles. The van der Waals surface area contributed by atoms with Gasteiger partial charge in [-0.25, -0.2) is 0 Å². The van der Waals surface area contributed by atoms with Crippen molar-refractivity contribution in [1.29, 1.82) is 0 Å². The van der Waals surface area contributed by atoms with Gasteiger partial charge < -0.3 is 38.3 Å². The average molecular weight is 473 g/mol. The van der Waals surface area contributed by atoms with Gasteiger partial charge in [-0.2, -0.15) is 0 Å². The number of aliphatic hydroxyl groups excluding tert-OH is 1. The molecule has 33 heavy (non-hydrogen) atoms. The summed E-state index contributed by atoms with van der Waals surface area (Å²) < 4.78 is 39.9. The lowest BCUT2D eigenvalue weighted by Gasteiger charge is -2.44. The standard InChI is InChI=1S/C25H44O8/c1-10-17(27-5)16(4)20-21(32-20)18(26)14(2)12-11-13-15(3)19-22(28-6)23(29-7)24(30-8)25(31-9)33-19/h11-14,16-26H,10H2,1-9H3/b12-11+,15-13+/t14-,16+,17-,18+,19+,20-,21-,22+,23-,24+,25+/m0/s1. The van der Waals surface area contributed by atoms with Gasteiger partial charge in [0.1, 0.15) is 30.5 Å². The third-order valence-corrected chi connectivity index (χ3v) is 7.01. The smallest absolute Gasteiger partial charge is 0.186 e. The van der Waals surface area contributed by atoms with Crippen LogP contribution in [0.3, 0.4) is 0 Å². The Morgan fingerprint density at radius 2 is 1.55 bits per heavy atom. The molecule has 0 radical (unpaired) electrons. The van der Waals surface area contributed by atoms with E-state index in [4.69, 9.17) is 33.2 Å². The maximum absolute atomic E-state index is 10.8. The molecule has 2 fully saturated rings. The molecule has 0 aromatic carbocycles. The zero-order valence-corrected chi connectivity index (χ0v) is 21.6. The summed E-state index contributed by atoms with van der Waals surface area (Å²) in [6.07, 6.45) is 4.20. The fourth-order valence-corrected chi connectivity index (χ4v) is 4.83. The Labute approximate surface area is 199 Å². The molecule has 2 aliphatic heterocycles. The van der Waals surface area contributed by atoms with Gasteiger partial charge in [-0.05, 0) is 18.9 Å². The van der Waals surface area contributed by atoms with Crippen LogP contribution in [0.2, 0.25) is 0 Å². The second-order valence-corrected chi connectivity index (χ2v) is 9.01. The van der Waals surface area contributed by atoms with Crippen LogP contribution in [0, 0.1) is 11.8 Å². The van der Waals surface area contributed by atoms with Crippen molar-refractivity contribution in [3.8, 4) is 0 Å². The topological polar surface area (TPSA) is 88.1 Å². The van der Waals surface area contributed by atoms with E-state index in [0.717, 1.165) is 12.0 Å². The normalized spacial score (nSPS) is 36.5. The molecule has 0 aliphatic carbocycles. The fourth-order valence-electron chi connectivity index (χ4n) is 4.83. The van der Waals surface area contributed by atoms with Gasteiger partial charge in [0.2, 0.25) is 0 Å². The third kappa shape index (κ3) is 6.64. The molecule has 192 valence electrons. The van der Waals surface area contributed by atoms with Crippen molar-refractivity contribution in [2.24, 2.45) is 11.8 Å². The number of allylic oxidation sites excluding steroid dienone is 2. The number of rotatable bonds is 13. The Morgan fingerprint density at radius 3 is 2.06 bits per heavy atom. The fraction of sp³-hybridized carbons (Fsp3) is 0.840. The lowest BCUT2D eigenvalue weighted by Crippen LogP contribution is -2.60. The lowest BCUT2D eigenvalue weighted by atomic mass is 9.91. The Hall–Kier alpha value is -0.840. The van der Waals surface area contributed by atoms with Gasteiger partial charge in [0.15, 0.2) is 6.29 Å². The van der Waals surface area contributed by atoms with Crippen LogP contribution in [0.15, 0.2) is 23.8 Å². The number of hydrogen-bond acceptors (Lipinski definition) is 8. The van der Waals surface area contributed by atoms with Crippen molar-refractivity contribution >= 4 is 0 Å². The van der Waals surface area contributed by atoms with Crippen LogP contribution in [0.25, 0.3) is 0 Å². The monoisotopic (exact) mass is 472 g/mol. The summed E-state index contributed by atoms with van der Waals surface area (Å²) in [5.41, 5.74) is 0.957. The average Bonchev–Trinajstić information content (AvgIpc) is 3.63. The number of methoxy groups -OCH3 is 5. The molecular weight excluding hydrogens is 428 g/mol. The maximum Gasteiger partial charge on any atom is 0.186 e. The van der Waals surface area contributed by atoms with E-state index in [-0.39, 0.29) is 48.5 Å². The molecule has 11 atom stereocenters. The summed E-state index contributed by atoms with van der Waals surface area (Å²) in [4.78, 5) is 0. The van der Waals surface area contributed by atoms with Crippen LogP contribution in [0.5, 0.6) is 0 Å². The quantitative estimate of drug-likeness (QED) is 0.323. The Bertz CT molecular complexity index is 634. The minimum atomic E-state index is -0.576. The van der Waals surface area contributed by atoms with Crippen LogP contribution < -0.4 is 0 Å².